The van der Waals surface area contributed by atoms with Crippen LogP contribution in [0.25, 0.3) is 0 Å². The molecule has 0 bridgehead atoms. The molecule has 1 heterocycles. The Balaban J connectivity index is 0.0000152. The maximum Gasteiger partial charge on any atom is 0.225 e. The molecule has 1 fully saturated rings. The summed E-state index contributed by atoms with van der Waals surface area (Å²) >= 11 is 0. The molecule has 0 aromatic rings. The normalized spacial score (nSPS) is 16.6. The summed E-state index contributed by atoms with van der Waals surface area (Å²) in [6.45, 7) is 7.24. The zero-order chi connectivity index (χ0) is 28.2. The third kappa shape index (κ3) is 21.9. The van der Waals surface area contributed by atoms with Crippen LogP contribution in [0.5, 0.6) is 0 Å². The number of carbonyl (C=O) groups is 2. The van der Waals surface area contributed by atoms with Crippen molar-refractivity contribution in [1.29, 1.82) is 0 Å². The van der Waals surface area contributed by atoms with E-state index in [2.05, 4.69) is 29.8 Å². The van der Waals surface area contributed by atoms with Gasteiger partial charge in [0.15, 0.2) is 0 Å². The number of amides is 2. The Kier molecular flexibility index (Phi) is 29.1. The summed E-state index contributed by atoms with van der Waals surface area (Å²) in [6.07, 6.45) is 31.7. The van der Waals surface area contributed by atoms with Gasteiger partial charge in [0.1, 0.15) is 0 Å². The molecular formula is C34H68ClN3O2. The largest absolute Gasteiger partial charge is 0.356 e. The van der Waals surface area contributed by atoms with E-state index in [0.29, 0.717) is 13.1 Å². The van der Waals surface area contributed by atoms with E-state index in [9.17, 15) is 9.59 Å². The average Bonchev–Trinajstić information content (AvgIpc) is 3.44. The Hall–Kier alpha value is -0.810. The lowest BCUT2D eigenvalue weighted by Gasteiger charge is -2.18. The summed E-state index contributed by atoms with van der Waals surface area (Å²) in [5, 5.41) is 9.47. The zero-order valence-corrected chi connectivity index (χ0v) is 27.5. The summed E-state index contributed by atoms with van der Waals surface area (Å²) in [4.78, 5) is 25.4. The lowest BCUT2D eigenvalue weighted by atomic mass is 9.94. The molecule has 0 radical (unpaired) electrons. The van der Waals surface area contributed by atoms with Gasteiger partial charge >= 0.3 is 0 Å². The van der Waals surface area contributed by atoms with E-state index in [1.807, 2.05) is 0 Å². The van der Waals surface area contributed by atoms with E-state index >= 15 is 0 Å². The topological polar surface area (TPSA) is 70.2 Å². The molecule has 0 aromatic heterocycles. The monoisotopic (exact) mass is 586 g/mol. The summed E-state index contributed by atoms with van der Waals surface area (Å²) in [5.74, 6) is -0.365. The van der Waals surface area contributed by atoms with Crippen LogP contribution in [0.15, 0.2) is 0 Å². The number of nitrogens with one attached hydrogen (secondary N) is 3. The summed E-state index contributed by atoms with van der Waals surface area (Å²) in [5.41, 5.74) is 0. The Morgan fingerprint density at radius 3 is 1.00 bits per heavy atom. The van der Waals surface area contributed by atoms with Crippen molar-refractivity contribution in [3.05, 3.63) is 0 Å². The van der Waals surface area contributed by atoms with Crippen LogP contribution in [0.4, 0.5) is 0 Å². The molecule has 0 saturated carbocycles. The number of rotatable bonds is 28. The molecule has 0 aliphatic carbocycles. The lowest BCUT2D eigenvalue weighted by Crippen LogP contribution is -2.42. The molecule has 2 amide bonds. The van der Waals surface area contributed by atoms with E-state index in [-0.39, 0.29) is 36.1 Å². The van der Waals surface area contributed by atoms with Crippen LogP contribution in [0.1, 0.15) is 168 Å². The van der Waals surface area contributed by atoms with Crippen LogP contribution >= 0.6 is 12.4 Å². The maximum atomic E-state index is 12.7. The van der Waals surface area contributed by atoms with Crippen molar-refractivity contribution in [1.82, 2.24) is 16.0 Å². The van der Waals surface area contributed by atoms with Crippen molar-refractivity contribution in [2.24, 2.45) is 11.8 Å². The van der Waals surface area contributed by atoms with E-state index in [4.69, 9.17) is 0 Å². The number of hydrogen-bond acceptors (Lipinski definition) is 3. The highest BCUT2D eigenvalue weighted by Crippen LogP contribution is 2.18. The molecule has 2 unspecified atom stereocenters. The smallest absolute Gasteiger partial charge is 0.225 e. The molecule has 1 aliphatic rings. The lowest BCUT2D eigenvalue weighted by molar-refractivity contribution is -0.132. The minimum Gasteiger partial charge on any atom is -0.356 e. The fraction of sp³-hybridized carbons (Fsp3) is 0.941. The van der Waals surface area contributed by atoms with Crippen LogP contribution < -0.4 is 16.0 Å². The molecule has 1 aliphatic heterocycles. The second-order valence-corrected chi connectivity index (χ2v) is 12.2. The molecule has 1 rings (SSSR count). The van der Waals surface area contributed by atoms with Gasteiger partial charge in [0.2, 0.25) is 11.8 Å². The fourth-order valence-electron chi connectivity index (χ4n) is 5.85. The molecule has 6 heteroatoms. The molecule has 40 heavy (non-hydrogen) atoms. The Labute approximate surface area is 255 Å². The van der Waals surface area contributed by atoms with Gasteiger partial charge in [0.05, 0.1) is 11.8 Å². The van der Waals surface area contributed by atoms with Gasteiger partial charge in [-0.1, -0.05) is 155 Å². The highest BCUT2D eigenvalue weighted by molar-refractivity contribution is 5.88. The Morgan fingerprint density at radius 2 is 0.725 bits per heavy atom. The molecule has 1 saturated heterocycles. The zero-order valence-electron chi connectivity index (χ0n) is 26.7. The third-order valence-electron chi connectivity index (χ3n) is 8.55. The van der Waals surface area contributed by atoms with E-state index in [0.717, 1.165) is 25.9 Å². The molecule has 3 N–H and O–H groups in total. The second-order valence-electron chi connectivity index (χ2n) is 12.2. The fourth-order valence-corrected chi connectivity index (χ4v) is 5.85. The predicted octanol–water partition coefficient (Wildman–Crippen LogP) is 8.88. The maximum absolute atomic E-state index is 12.7. The summed E-state index contributed by atoms with van der Waals surface area (Å²) in [6, 6.07) is 0. The number of carbonyl (C=O) groups excluding carboxylic acids is 2. The van der Waals surface area contributed by atoms with Crippen LogP contribution in [-0.2, 0) is 9.59 Å². The molecule has 2 atom stereocenters. The third-order valence-corrected chi connectivity index (χ3v) is 8.55. The first-order valence-electron chi connectivity index (χ1n) is 17.5. The highest BCUT2D eigenvalue weighted by Gasteiger charge is 2.37. The molecule has 238 valence electrons. The van der Waals surface area contributed by atoms with Crippen LogP contribution in [0, 0.1) is 11.8 Å². The summed E-state index contributed by atoms with van der Waals surface area (Å²) < 4.78 is 0. The Bertz CT molecular complexity index is 527. The quantitative estimate of drug-likeness (QED) is 0.0803. The van der Waals surface area contributed by atoms with Crippen molar-refractivity contribution in [2.45, 2.75) is 168 Å². The molecular weight excluding hydrogens is 518 g/mol. The van der Waals surface area contributed by atoms with Crippen molar-refractivity contribution >= 4 is 24.2 Å². The highest BCUT2D eigenvalue weighted by atomic mass is 35.5. The predicted molar refractivity (Wildman–Crippen MR) is 175 cm³/mol. The number of halogens is 1. The van der Waals surface area contributed by atoms with Gasteiger partial charge in [-0.3, -0.25) is 9.59 Å². The van der Waals surface area contributed by atoms with Crippen molar-refractivity contribution < 1.29 is 9.59 Å². The SMILES string of the molecule is CCCCCCCCCCCCCCNC(=O)C1CNCC1C(=O)NCCCCCCCCCCCCCC.Cl. The van der Waals surface area contributed by atoms with Gasteiger partial charge in [0.25, 0.3) is 0 Å². The first kappa shape index (κ1) is 39.2. The minimum atomic E-state index is -0.232. The average molecular weight is 586 g/mol. The van der Waals surface area contributed by atoms with E-state index in [1.54, 1.807) is 0 Å². The van der Waals surface area contributed by atoms with Gasteiger partial charge in [0, 0.05) is 26.2 Å². The first-order valence-corrected chi connectivity index (χ1v) is 17.5. The van der Waals surface area contributed by atoms with Gasteiger partial charge < -0.3 is 16.0 Å². The van der Waals surface area contributed by atoms with Gasteiger partial charge in [-0.2, -0.15) is 0 Å². The van der Waals surface area contributed by atoms with Crippen LogP contribution in [-0.4, -0.2) is 38.0 Å². The standard InChI is InChI=1S/C34H67N3O2.ClH/c1-3-5-7-9-11-13-15-17-19-21-23-25-27-36-33(38)31-29-35-30-32(31)34(39)37-28-26-24-22-20-18-16-14-12-10-8-6-4-2;/h31-32,35H,3-30H2,1-2H3,(H,36,38)(H,37,39);1H. The number of hydrogen-bond donors (Lipinski definition) is 3. The summed E-state index contributed by atoms with van der Waals surface area (Å²) in [7, 11) is 0. The van der Waals surface area contributed by atoms with E-state index in [1.165, 1.54) is 141 Å². The Morgan fingerprint density at radius 1 is 0.475 bits per heavy atom. The first-order chi connectivity index (χ1) is 19.2. The molecule has 0 aromatic carbocycles. The van der Waals surface area contributed by atoms with Crippen LogP contribution in [0.2, 0.25) is 0 Å². The van der Waals surface area contributed by atoms with Crippen molar-refractivity contribution in [3.8, 4) is 0 Å². The van der Waals surface area contributed by atoms with Gasteiger partial charge in [-0.25, -0.2) is 0 Å². The van der Waals surface area contributed by atoms with Gasteiger partial charge in [-0.15, -0.1) is 12.4 Å². The van der Waals surface area contributed by atoms with Gasteiger partial charge in [-0.05, 0) is 12.8 Å². The van der Waals surface area contributed by atoms with Crippen molar-refractivity contribution in [2.75, 3.05) is 26.2 Å². The van der Waals surface area contributed by atoms with Crippen molar-refractivity contribution in [3.63, 3.8) is 0 Å². The molecule has 5 nitrogen and oxygen atoms in total. The minimum absolute atomic E-state index is 0. The van der Waals surface area contributed by atoms with E-state index < -0.39 is 0 Å². The number of unbranched alkanes of at least 4 members (excludes halogenated alkanes) is 22. The van der Waals surface area contributed by atoms with Crippen LogP contribution in [0.3, 0.4) is 0 Å². The second kappa shape index (κ2) is 29.7. The molecule has 0 spiro atoms.